The van der Waals surface area contributed by atoms with Gasteiger partial charge < -0.3 is 15.2 Å². The molecule has 1 aromatic carbocycles. The quantitative estimate of drug-likeness (QED) is 0.403. The number of benzene rings is 1. The number of thiazole rings is 1. The Bertz CT molecular complexity index is 1310. The Balaban J connectivity index is 1.73. The predicted molar refractivity (Wildman–Crippen MR) is 116 cm³/mol. The fourth-order valence-electron chi connectivity index (χ4n) is 3.50. The fourth-order valence-corrected chi connectivity index (χ4v) is 4.64. The largest absolute Gasteiger partial charge is 0.393 e. The van der Waals surface area contributed by atoms with E-state index in [9.17, 15) is 10.2 Å². The standard InChI is InChI=1S/C22H19N5O2S/c1-13-19(27-11-15(16(29)12-28)7-8-17(27)25-13)22-26-18(14-5-3-2-4-6-14)20(30-22)21-23-9-10-24-21/h2-11,16,28-29H,12H2,1H3,(H,23,24). The van der Waals surface area contributed by atoms with E-state index in [0.29, 0.717) is 5.56 Å². The summed E-state index contributed by atoms with van der Waals surface area (Å²) < 4.78 is 1.92. The number of H-pyrrole nitrogens is 1. The highest BCUT2D eigenvalue weighted by Gasteiger charge is 2.22. The van der Waals surface area contributed by atoms with Gasteiger partial charge >= 0.3 is 0 Å². The highest BCUT2D eigenvalue weighted by molar-refractivity contribution is 7.18. The van der Waals surface area contributed by atoms with Gasteiger partial charge in [0, 0.05) is 24.2 Å². The van der Waals surface area contributed by atoms with E-state index in [-0.39, 0.29) is 6.61 Å². The number of fused-ring (bicyclic) bond motifs is 1. The first-order chi connectivity index (χ1) is 14.7. The number of imidazole rings is 2. The Labute approximate surface area is 176 Å². The van der Waals surface area contributed by atoms with Crippen molar-refractivity contribution in [3.8, 4) is 32.7 Å². The molecule has 0 fully saturated rings. The topological polar surface area (TPSA) is 99.3 Å². The van der Waals surface area contributed by atoms with E-state index in [1.54, 1.807) is 29.8 Å². The molecule has 0 spiro atoms. The van der Waals surface area contributed by atoms with Gasteiger partial charge in [0.05, 0.1) is 22.9 Å². The second kappa shape index (κ2) is 7.49. The second-order valence-electron chi connectivity index (χ2n) is 6.94. The lowest BCUT2D eigenvalue weighted by atomic mass is 10.1. The number of hydrogen-bond acceptors (Lipinski definition) is 6. The molecule has 5 aromatic rings. The minimum absolute atomic E-state index is 0.341. The summed E-state index contributed by atoms with van der Waals surface area (Å²) in [7, 11) is 0. The Kier molecular flexibility index (Phi) is 4.66. The molecule has 5 rings (SSSR count). The van der Waals surface area contributed by atoms with Gasteiger partial charge in [0.15, 0.2) is 0 Å². The highest BCUT2D eigenvalue weighted by Crippen LogP contribution is 2.40. The Morgan fingerprint density at radius 3 is 2.70 bits per heavy atom. The van der Waals surface area contributed by atoms with Crippen molar-refractivity contribution >= 4 is 17.0 Å². The van der Waals surface area contributed by atoms with Gasteiger partial charge in [0.2, 0.25) is 0 Å². The summed E-state index contributed by atoms with van der Waals surface area (Å²) in [5.74, 6) is 0.764. The molecule has 4 heterocycles. The van der Waals surface area contributed by atoms with Crippen molar-refractivity contribution in [2.45, 2.75) is 13.0 Å². The highest BCUT2D eigenvalue weighted by atomic mass is 32.1. The van der Waals surface area contributed by atoms with E-state index >= 15 is 0 Å². The Morgan fingerprint density at radius 1 is 1.13 bits per heavy atom. The molecule has 30 heavy (non-hydrogen) atoms. The first-order valence-electron chi connectivity index (χ1n) is 9.49. The lowest BCUT2D eigenvalue weighted by Gasteiger charge is -2.08. The molecule has 7 nitrogen and oxygen atoms in total. The summed E-state index contributed by atoms with van der Waals surface area (Å²) >= 11 is 1.54. The summed E-state index contributed by atoms with van der Waals surface area (Å²) in [5.41, 5.74) is 4.94. The molecule has 0 amide bonds. The molecule has 0 aliphatic carbocycles. The molecular weight excluding hydrogens is 398 g/mol. The van der Waals surface area contributed by atoms with Crippen LogP contribution < -0.4 is 0 Å². The smallest absolute Gasteiger partial charge is 0.149 e. The van der Waals surface area contributed by atoms with Gasteiger partial charge in [-0.2, -0.15) is 0 Å². The number of aromatic amines is 1. The number of nitrogens with one attached hydrogen (secondary N) is 1. The number of hydrogen-bond donors (Lipinski definition) is 3. The van der Waals surface area contributed by atoms with E-state index in [0.717, 1.165) is 44.0 Å². The SMILES string of the molecule is Cc1nc2ccc(C(O)CO)cn2c1-c1nc(-c2ccccc2)c(-c2ncc[nH]2)s1. The summed E-state index contributed by atoms with van der Waals surface area (Å²) in [4.78, 5) is 18.2. The van der Waals surface area contributed by atoms with Crippen molar-refractivity contribution in [3.63, 3.8) is 0 Å². The van der Waals surface area contributed by atoms with Gasteiger partial charge in [-0.25, -0.2) is 15.0 Å². The van der Waals surface area contributed by atoms with Gasteiger partial charge in [-0.15, -0.1) is 11.3 Å². The molecule has 0 radical (unpaired) electrons. The molecule has 3 N–H and O–H groups in total. The zero-order valence-corrected chi connectivity index (χ0v) is 17.0. The van der Waals surface area contributed by atoms with Crippen LogP contribution in [0.5, 0.6) is 0 Å². The normalized spacial score (nSPS) is 12.5. The van der Waals surface area contributed by atoms with Gasteiger partial charge in [0.25, 0.3) is 0 Å². The van der Waals surface area contributed by atoms with E-state index in [1.165, 1.54) is 0 Å². The maximum atomic E-state index is 10.1. The molecule has 8 heteroatoms. The monoisotopic (exact) mass is 417 g/mol. The lowest BCUT2D eigenvalue weighted by Crippen LogP contribution is -2.04. The summed E-state index contributed by atoms with van der Waals surface area (Å²) in [6.07, 6.45) is 4.39. The number of aliphatic hydroxyl groups excluding tert-OH is 2. The molecule has 0 aliphatic heterocycles. The van der Waals surface area contributed by atoms with Crippen molar-refractivity contribution in [2.75, 3.05) is 6.61 Å². The third kappa shape index (κ3) is 3.11. The average molecular weight is 417 g/mol. The number of aliphatic hydroxyl groups is 2. The van der Waals surface area contributed by atoms with Crippen LogP contribution in [0.1, 0.15) is 17.4 Å². The maximum absolute atomic E-state index is 10.1. The van der Waals surface area contributed by atoms with Crippen LogP contribution in [0.3, 0.4) is 0 Å². The van der Waals surface area contributed by atoms with Crippen LogP contribution in [-0.2, 0) is 0 Å². The second-order valence-corrected chi connectivity index (χ2v) is 7.93. The minimum atomic E-state index is -0.945. The van der Waals surface area contributed by atoms with Crippen LogP contribution in [0.4, 0.5) is 0 Å². The van der Waals surface area contributed by atoms with Crippen molar-refractivity contribution in [1.82, 2.24) is 24.3 Å². The summed E-state index contributed by atoms with van der Waals surface area (Å²) in [6.45, 7) is 1.60. The first-order valence-corrected chi connectivity index (χ1v) is 10.3. The number of aromatic nitrogens is 5. The molecule has 150 valence electrons. The lowest BCUT2D eigenvalue weighted by molar-refractivity contribution is 0.0953. The van der Waals surface area contributed by atoms with Gasteiger partial charge in [-0.3, -0.25) is 4.40 Å². The number of aryl methyl sites for hydroxylation is 1. The molecule has 0 saturated carbocycles. The van der Waals surface area contributed by atoms with Crippen molar-refractivity contribution in [3.05, 3.63) is 72.3 Å². The van der Waals surface area contributed by atoms with E-state index < -0.39 is 6.10 Å². The molecule has 0 saturated heterocycles. The zero-order valence-electron chi connectivity index (χ0n) is 16.1. The number of rotatable bonds is 5. The van der Waals surface area contributed by atoms with E-state index in [2.05, 4.69) is 15.0 Å². The van der Waals surface area contributed by atoms with E-state index in [4.69, 9.17) is 4.98 Å². The average Bonchev–Trinajstić information content (AvgIpc) is 3.50. The van der Waals surface area contributed by atoms with Crippen LogP contribution in [0.15, 0.2) is 61.1 Å². The molecule has 1 unspecified atom stereocenters. The molecule has 0 bridgehead atoms. The third-order valence-corrected chi connectivity index (χ3v) is 6.03. The molecular formula is C22H19N5O2S. The number of nitrogens with zero attached hydrogens (tertiary/aromatic N) is 4. The number of pyridine rings is 1. The summed E-state index contributed by atoms with van der Waals surface area (Å²) in [6, 6.07) is 13.6. The van der Waals surface area contributed by atoms with Gasteiger partial charge in [-0.05, 0) is 18.6 Å². The van der Waals surface area contributed by atoms with Crippen LogP contribution in [-0.4, -0.2) is 41.2 Å². The minimum Gasteiger partial charge on any atom is -0.393 e. The van der Waals surface area contributed by atoms with Crippen molar-refractivity contribution < 1.29 is 10.2 Å². The van der Waals surface area contributed by atoms with Crippen LogP contribution in [0.25, 0.3) is 38.3 Å². The Hall–Kier alpha value is -3.33. The van der Waals surface area contributed by atoms with E-state index in [1.807, 2.05) is 53.9 Å². The Morgan fingerprint density at radius 2 is 1.97 bits per heavy atom. The fraction of sp³-hybridized carbons (Fsp3) is 0.136. The van der Waals surface area contributed by atoms with Crippen molar-refractivity contribution in [2.24, 2.45) is 0 Å². The third-order valence-electron chi connectivity index (χ3n) is 4.96. The molecule has 4 aromatic heterocycles. The van der Waals surface area contributed by atoms with Gasteiger partial charge in [-0.1, -0.05) is 36.4 Å². The van der Waals surface area contributed by atoms with Crippen LogP contribution in [0.2, 0.25) is 0 Å². The first kappa shape index (κ1) is 18.7. The summed E-state index contributed by atoms with van der Waals surface area (Å²) in [5, 5.41) is 20.2. The maximum Gasteiger partial charge on any atom is 0.149 e. The van der Waals surface area contributed by atoms with Gasteiger partial charge in [0.1, 0.15) is 28.3 Å². The zero-order chi connectivity index (χ0) is 20.7. The van der Waals surface area contributed by atoms with Crippen molar-refractivity contribution in [1.29, 1.82) is 0 Å². The van der Waals surface area contributed by atoms with Crippen LogP contribution in [0, 0.1) is 6.92 Å². The molecule has 0 aliphatic rings. The predicted octanol–water partition coefficient (Wildman–Crippen LogP) is 3.85. The van der Waals surface area contributed by atoms with Crippen LogP contribution >= 0.6 is 11.3 Å². The molecule has 1 atom stereocenters.